The van der Waals surface area contributed by atoms with E-state index in [0.29, 0.717) is 28.5 Å². The summed E-state index contributed by atoms with van der Waals surface area (Å²) >= 11 is 0. The van der Waals surface area contributed by atoms with Crippen molar-refractivity contribution in [2.75, 3.05) is 18.4 Å². The van der Waals surface area contributed by atoms with Gasteiger partial charge in [-0.05, 0) is 49.5 Å². The highest BCUT2D eigenvalue weighted by Gasteiger charge is 2.37. The molecule has 0 saturated carbocycles. The minimum Gasteiger partial charge on any atom is -0.353 e. The van der Waals surface area contributed by atoms with Crippen LogP contribution in [0.25, 0.3) is 0 Å². The molecule has 0 amide bonds. The third-order valence-electron chi connectivity index (χ3n) is 5.56. The van der Waals surface area contributed by atoms with Gasteiger partial charge in [0.15, 0.2) is 5.78 Å². The maximum absolute atomic E-state index is 12.6. The van der Waals surface area contributed by atoms with Crippen LogP contribution in [0.4, 0.5) is 5.69 Å². The van der Waals surface area contributed by atoms with Gasteiger partial charge in [-0.3, -0.25) is 4.79 Å². The number of ketones is 1. The fourth-order valence-electron chi connectivity index (χ4n) is 4.21. The predicted molar refractivity (Wildman–Crippen MR) is 107 cm³/mol. The zero-order valence-electron chi connectivity index (χ0n) is 15.1. The first-order valence-corrected chi connectivity index (χ1v) is 10.8. The molecule has 6 nitrogen and oxygen atoms in total. The third kappa shape index (κ3) is 2.70. The number of carbonyl (C=O) groups is 1. The number of piperidine rings is 1. The maximum Gasteiger partial charge on any atom is 0.283 e. The van der Waals surface area contributed by atoms with E-state index in [-0.39, 0.29) is 10.7 Å². The number of benzene rings is 2. The van der Waals surface area contributed by atoms with Crippen LogP contribution in [0, 0.1) is 0 Å². The minimum absolute atomic E-state index is 0.104. The van der Waals surface area contributed by atoms with Gasteiger partial charge in [-0.1, -0.05) is 30.3 Å². The number of carbonyl (C=O) groups excluding carboxylic acids is 1. The van der Waals surface area contributed by atoms with Gasteiger partial charge in [-0.25, -0.2) is 0 Å². The van der Waals surface area contributed by atoms with Gasteiger partial charge < -0.3 is 10.6 Å². The summed E-state index contributed by atoms with van der Waals surface area (Å²) in [5.41, 5.74) is 3.63. The van der Waals surface area contributed by atoms with Crippen LogP contribution in [0.2, 0.25) is 0 Å². The fourth-order valence-corrected chi connectivity index (χ4v) is 5.46. The number of hydrogen-bond acceptors (Lipinski definition) is 5. The van der Waals surface area contributed by atoms with Crippen molar-refractivity contribution >= 4 is 27.2 Å². The van der Waals surface area contributed by atoms with E-state index < -0.39 is 10.0 Å². The highest BCUT2D eigenvalue weighted by atomic mass is 32.2. The molecule has 2 N–H and O–H groups in total. The molecule has 0 radical (unpaired) electrons. The Kier molecular flexibility index (Phi) is 3.96. The van der Waals surface area contributed by atoms with Gasteiger partial charge in [0.05, 0.1) is 10.6 Å². The summed E-state index contributed by atoms with van der Waals surface area (Å²) in [5, 5.41) is 6.69. The zero-order valence-corrected chi connectivity index (χ0v) is 15.9. The van der Waals surface area contributed by atoms with Crippen molar-refractivity contribution in [3.63, 3.8) is 0 Å². The monoisotopic (exact) mass is 393 g/mol. The number of rotatable bonds is 3. The Morgan fingerprint density at radius 1 is 1.04 bits per heavy atom. The Bertz CT molecular complexity index is 1160. The van der Waals surface area contributed by atoms with Crippen molar-refractivity contribution < 1.29 is 13.2 Å². The first kappa shape index (κ1) is 17.3. The Balaban J connectivity index is 1.57. The average Bonchev–Trinajstić information content (AvgIpc) is 2.99. The van der Waals surface area contributed by atoms with Crippen LogP contribution >= 0.6 is 0 Å². The molecule has 2 heterocycles. The SMILES string of the molecule is O=C1C=C(Nc2ccccc2C2CCNCC2)C2=NS(=O)(=O)c3cccc1c32. The van der Waals surface area contributed by atoms with Crippen molar-refractivity contribution in [3.05, 3.63) is 70.9 Å². The molecule has 2 aromatic rings. The van der Waals surface area contributed by atoms with Gasteiger partial charge in [0, 0.05) is 22.9 Å². The fraction of sp³-hybridized carbons (Fsp3) is 0.238. The number of nitrogens with zero attached hydrogens (tertiary/aromatic N) is 1. The van der Waals surface area contributed by atoms with Crippen LogP contribution in [0.1, 0.15) is 40.2 Å². The standard InChI is InChI=1S/C21H19N3O3S/c25-18-12-17(21-20-15(18)5-3-7-19(20)28(26,27)24-21)23-16-6-2-1-4-14(16)13-8-10-22-11-9-13/h1-7,12-13,22-23H,8-11H2. The number of nitrogens with one attached hydrogen (secondary N) is 2. The molecule has 3 aliphatic rings. The van der Waals surface area contributed by atoms with Crippen LogP contribution in [-0.4, -0.2) is 33.0 Å². The van der Waals surface area contributed by atoms with Gasteiger partial charge in [-0.2, -0.15) is 12.8 Å². The van der Waals surface area contributed by atoms with E-state index in [1.807, 2.05) is 18.2 Å². The molecule has 0 aromatic heterocycles. The number of sulfonamides is 1. The largest absolute Gasteiger partial charge is 0.353 e. The van der Waals surface area contributed by atoms with Gasteiger partial charge in [0.25, 0.3) is 10.0 Å². The highest BCUT2D eigenvalue weighted by Crippen LogP contribution is 2.37. The number of hydrogen-bond donors (Lipinski definition) is 2. The van der Waals surface area contributed by atoms with Crippen LogP contribution in [-0.2, 0) is 10.0 Å². The number of para-hydroxylation sites is 1. The van der Waals surface area contributed by atoms with E-state index in [1.54, 1.807) is 12.1 Å². The molecule has 2 aliphatic heterocycles. The van der Waals surface area contributed by atoms with Crippen LogP contribution in [0.15, 0.2) is 63.5 Å². The summed E-state index contributed by atoms with van der Waals surface area (Å²) in [6, 6.07) is 12.7. The summed E-state index contributed by atoms with van der Waals surface area (Å²) in [6.45, 7) is 1.95. The molecule has 0 unspecified atom stereocenters. The summed E-state index contributed by atoms with van der Waals surface area (Å²) in [4.78, 5) is 12.7. The highest BCUT2D eigenvalue weighted by molar-refractivity contribution is 7.90. The zero-order chi connectivity index (χ0) is 19.3. The second-order valence-corrected chi connectivity index (χ2v) is 8.82. The van der Waals surface area contributed by atoms with Gasteiger partial charge in [0.1, 0.15) is 5.71 Å². The van der Waals surface area contributed by atoms with E-state index in [9.17, 15) is 13.2 Å². The Morgan fingerprint density at radius 2 is 1.82 bits per heavy atom. The molecular formula is C21H19N3O3S. The van der Waals surface area contributed by atoms with E-state index >= 15 is 0 Å². The van der Waals surface area contributed by atoms with E-state index in [4.69, 9.17) is 0 Å². The molecule has 1 saturated heterocycles. The molecule has 0 atom stereocenters. The number of allylic oxidation sites excluding steroid dienone is 2. The summed E-state index contributed by atoms with van der Waals surface area (Å²) in [7, 11) is -3.78. The topological polar surface area (TPSA) is 87.6 Å². The van der Waals surface area contributed by atoms with Crippen LogP contribution < -0.4 is 10.6 Å². The summed E-state index contributed by atoms with van der Waals surface area (Å²) < 4.78 is 28.9. The van der Waals surface area contributed by atoms with Crippen LogP contribution in [0.5, 0.6) is 0 Å². The molecule has 142 valence electrons. The first-order valence-electron chi connectivity index (χ1n) is 9.36. The van der Waals surface area contributed by atoms with E-state index in [1.165, 1.54) is 17.7 Å². The van der Waals surface area contributed by atoms with Gasteiger partial charge >= 0.3 is 0 Å². The van der Waals surface area contributed by atoms with Gasteiger partial charge in [0.2, 0.25) is 0 Å². The van der Waals surface area contributed by atoms with Crippen LogP contribution in [0.3, 0.4) is 0 Å². The predicted octanol–water partition coefficient (Wildman–Crippen LogP) is 2.84. The minimum atomic E-state index is -3.78. The van der Waals surface area contributed by atoms with Crippen molar-refractivity contribution in [1.82, 2.24) is 5.32 Å². The Hall–Kier alpha value is -2.77. The maximum atomic E-state index is 12.6. The molecule has 7 heteroatoms. The normalized spacial score (nSPS) is 20.4. The molecular weight excluding hydrogens is 374 g/mol. The molecule has 1 fully saturated rings. The molecule has 0 spiro atoms. The molecule has 2 aromatic carbocycles. The second-order valence-electron chi connectivity index (χ2n) is 7.25. The van der Waals surface area contributed by atoms with E-state index in [0.717, 1.165) is 31.6 Å². The summed E-state index contributed by atoms with van der Waals surface area (Å²) in [5.74, 6) is 0.205. The lowest BCUT2D eigenvalue weighted by molar-refractivity contribution is 0.104. The first-order chi connectivity index (χ1) is 13.5. The lowest BCUT2D eigenvalue weighted by Crippen LogP contribution is -2.27. The number of anilines is 1. The Labute approximate surface area is 163 Å². The second kappa shape index (κ2) is 6.39. The molecule has 0 bridgehead atoms. The lowest BCUT2D eigenvalue weighted by Gasteiger charge is -2.26. The van der Waals surface area contributed by atoms with Gasteiger partial charge in [-0.15, -0.1) is 0 Å². The van der Waals surface area contributed by atoms with Crippen molar-refractivity contribution in [2.24, 2.45) is 4.40 Å². The van der Waals surface area contributed by atoms with Crippen molar-refractivity contribution in [3.8, 4) is 0 Å². The smallest absolute Gasteiger partial charge is 0.283 e. The quantitative estimate of drug-likeness (QED) is 0.837. The molecule has 5 rings (SSSR count). The lowest BCUT2D eigenvalue weighted by atomic mass is 9.88. The third-order valence-corrected chi connectivity index (χ3v) is 6.88. The Morgan fingerprint density at radius 3 is 2.64 bits per heavy atom. The molecule has 1 aliphatic carbocycles. The van der Waals surface area contributed by atoms with E-state index in [2.05, 4.69) is 21.1 Å². The summed E-state index contributed by atoms with van der Waals surface area (Å²) in [6.07, 6.45) is 3.53. The average molecular weight is 393 g/mol. The van der Waals surface area contributed by atoms with Crippen molar-refractivity contribution in [1.29, 1.82) is 0 Å². The molecule has 28 heavy (non-hydrogen) atoms. The van der Waals surface area contributed by atoms with Crippen molar-refractivity contribution in [2.45, 2.75) is 23.7 Å².